The number of benzene rings is 1. The van der Waals surface area contributed by atoms with Crippen LogP contribution in [0.1, 0.15) is 23.2 Å². The Morgan fingerprint density at radius 3 is 2.71 bits per heavy atom. The number of methoxy groups -OCH3 is 1. The second kappa shape index (κ2) is 6.45. The van der Waals surface area contributed by atoms with Crippen LogP contribution in [0.15, 0.2) is 35.7 Å². The maximum atomic E-state index is 12.4. The van der Waals surface area contributed by atoms with E-state index in [4.69, 9.17) is 9.47 Å². The average Bonchev–Trinajstić information content (AvgIpc) is 3.32. The first-order valence-electron chi connectivity index (χ1n) is 8.16. The molecule has 24 heavy (non-hydrogen) atoms. The van der Waals surface area contributed by atoms with Gasteiger partial charge in [-0.3, -0.25) is 4.79 Å². The molecule has 3 atom stereocenters. The second-order valence-electron chi connectivity index (χ2n) is 6.36. The van der Waals surface area contributed by atoms with Crippen molar-refractivity contribution in [3.05, 3.63) is 41.3 Å². The van der Waals surface area contributed by atoms with Crippen molar-refractivity contribution in [3.63, 3.8) is 0 Å². The molecule has 2 fully saturated rings. The summed E-state index contributed by atoms with van der Waals surface area (Å²) in [6, 6.07) is 9.78. The lowest BCUT2D eigenvalue weighted by Gasteiger charge is -2.24. The lowest BCUT2D eigenvalue weighted by atomic mass is 10.1. The predicted molar refractivity (Wildman–Crippen MR) is 93.2 cm³/mol. The number of nitrogens with one attached hydrogen (secondary N) is 2. The Labute approximate surface area is 145 Å². The van der Waals surface area contributed by atoms with Gasteiger partial charge in [0.2, 0.25) is 0 Å². The first-order valence-corrected chi connectivity index (χ1v) is 9.04. The molecule has 1 aromatic carbocycles. The van der Waals surface area contributed by atoms with Crippen molar-refractivity contribution in [2.75, 3.05) is 13.7 Å². The normalized spacial score (nSPS) is 24.8. The van der Waals surface area contributed by atoms with Gasteiger partial charge in [0, 0.05) is 29.1 Å². The number of amides is 1. The van der Waals surface area contributed by atoms with Crippen LogP contribution < -0.4 is 20.1 Å². The number of rotatable bonds is 5. The summed E-state index contributed by atoms with van der Waals surface area (Å²) in [6.45, 7) is 1.09. The van der Waals surface area contributed by atoms with Gasteiger partial charge >= 0.3 is 0 Å². The third kappa shape index (κ3) is 3.12. The van der Waals surface area contributed by atoms with Gasteiger partial charge in [-0.05, 0) is 49.6 Å². The zero-order valence-corrected chi connectivity index (χ0v) is 14.3. The van der Waals surface area contributed by atoms with E-state index in [2.05, 4.69) is 10.6 Å². The third-order valence-electron chi connectivity index (χ3n) is 4.77. The molecule has 1 amide bonds. The van der Waals surface area contributed by atoms with E-state index < -0.39 is 0 Å². The Hall–Kier alpha value is -2.05. The lowest BCUT2D eigenvalue weighted by Crippen LogP contribution is -2.47. The summed E-state index contributed by atoms with van der Waals surface area (Å²) in [5, 5.41) is 9.26. The van der Waals surface area contributed by atoms with Crippen LogP contribution in [0, 0.1) is 5.92 Å². The molecule has 5 nitrogen and oxygen atoms in total. The van der Waals surface area contributed by atoms with E-state index >= 15 is 0 Å². The number of hydrogen-bond donors (Lipinski definition) is 2. The minimum Gasteiger partial charge on any atom is -0.496 e. The summed E-state index contributed by atoms with van der Waals surface area (Å²) in [5.74, 6) is 2.20. The van der Waals surface area contributed by atoms with Gasteiger partial charge in [-0.2, -0.15) is 0 Å². The number of fused-ring (bicyclic) bond motifs is 2. The Morgan fingerprint density at radius 1 is 1.25 bits per heavy atom. The van der Waals surface area contributed by atoms with E-state index in [9.17, 15) is 4.79 Å². The fourth-order valence-corrected chi connectivity index (χ4v) is 4.24. The summed E-state index contributed by atoms with van der Waals surface area (Å²) >= 11 is 1.47. The van der Waals surface area contributed by atoms with Crippen molar-refractivity contribution in [3.8, 4) is 16.6 Å². The Bertz CT molecular complexity index is 728. The summed E-state index contributed by atoms with van der Waals surface area (Å²) < 4.78 is 10.9. The van der Waals surface area contributed by atoms with E-state index in [1.807, 2.05) is 23.6 Å². The minimum atomic E-state index is -0.0151. The minimum absolute atomic E-state index is 0.0151. The third-order valence-corrected chi connectivity index (χ3v) is 5.55. The Balaban J connectivity index is 1.37. The van der Waals surface area contributed by atoms with Crippen LogP contribution in [-0.4, -0.2) is 31.6 Å². The molecule has 6 heteroatoms. The van der Waals surface area contributed by atoms with Gasteiger partial charge in [-0.25, -0.2) is 0 Å². The van der Waals surface area contributed by atoms with E-state index in [0.717, 1.165) is 29.7 Å². The van der Waals surface area contributed by atoms with Crippen molar-refractivity contribution in [1.29, 1.82) is 0 Å². The van der Waals surface area contributed by atoms with Crippen LogP contribution in [0.2, 0.25) is 0 Å². The summed E-state index contributed by atoms with van der Waals surface area (Å²) in [6.07, 6.45) is 2.27. The number of thiophene rings is 1. The van der Waals surface area contributed by atoms with Gasteiger partial charge in [-0.1, -0.05) is 0 Å². The summed E-state index contributed by atoms with van der Waals surface area (Å²) in [7, 11) is 1.63. The predicted octanol–water partition coefficient (Wildman–Crippen LogP) is 3.03. The molecule has 3 unspecified atom stereocenters. The second-order valence-corrected chi connectivity index (χ2v) is 7.24. The van der Waals surface area contributed by atoms with Crippen molar-refractivity contribution in [1.82, 2.24) is 10.6 Å². The van der Waals surface area contributed by atoms with Crippen LogP contribution in [-0.2, 0) is 0 Å². The van der Waals surface area contributed by atoms with Crippen LogP contribution in [0.3, 0.4) is 0 Å². The zero-order chi connectivity index (χ0) is 16.5. The molecule has 2 bridgehead atoms. The van der Waals surface area contributed by atoms with Gasteiger partial charge in [0.15, 0.2) is 5.06 Å². The van der Waals surface area contributed by atoms with Crippen molar-refractivity contribution < 1.29 is 14.3 Å². The number of hydrogen-bond acceptors (Lipinski definition) is 5. The smallest absolute Gasteiger partial charge is 0.251 e. The van der Waals surface area contributed by atoms with Crippen LogP contribution in [0.5, 0.6) is 16.6 Å². The highest BCUT2D eigenvalue weighted by Crippen LogP contribution is 2.33. The highest BCUT2D eigenvalue weighted by atomic mass is 32.1. The molecule has 1 saturated carbocycles. The molecule has 2 N–H and O–H groups in total. The molecule has 0 radical (unpaired) electrons. The van der Waals surface area contributed by atoms with Gasteiger partial charge in [-0.15, -0.1) is 11.3 Å². The summed E-state index contributed by atoms with van der Waals surface area (Å²) in [4.78, 5) is 12.4. The van der Waals surface area contributed by atoms with Crippen molar-refractivity contribution in [2.24, 2.45) is 5.92 Å². The van der Waals surface area contributed by atoms with E-state index in [0.29, 0.717) is 17.4 Å². The van der Waals surface area contributed by atoms with E-state index in [-0.39, 0.29) is 11.9 Å². The highest BCUT2D eigenvalue weighted by Gasteiger charge is 2.39. The maximum Gasteiger partial charge on any atom is 0.251 e. The summed E-state index contributed by atoms with van der Waals surface area (Å²) in [5.41, 5.74) is 0.661. The molecule has 2 aromatic rings. The van der Waals surface area contributed by atoms with Crippen LogP contribution in [0.4, 0.5) is 0 Å². The molecule has 1 aromatic heterocycles. The van der Waals surface area contributed by atoms with Crippen molar-refractivity contribution in [2.45, 2.75) is 24.9 Å². The molecule has 2 aliphatic rings. The molecule has 0 spiro atoms. The van der Waals surface area contributed by atoms with Crippen LogP contribution >= 0.6 is 11.3 Å². The standard InChI is InChI=1S/C18H20N2O3S/c1-22-14-8-17(24-10-14)23-13-4-2-12(3-5-13)18(21)20-16-7-11-6-15(16)19-9-11/h2-5,8,10-11,15-16,19H,6-7,9H2,1H3,(H,20,21). The SMILES string of the molecule is COc1csc(Oc2ccc(C(=O)NC3CC4CNC3C4)cc2)c1. The molecule has 126 valence electrons. The monoisotopic (exact) mass is 344 g/mol. The maximum absolute atomic E-state index is 12.4. The number of ether oxygens (including phenoxy) is 2. The molecule has 1 aliphatic heterocycles. The molecular formula is C18H20N2O3S. The average molecular weight is 344 g/mol. The Kier molecular flexibility index (Phi) is 4.16. The van der Waals surface area contributed by atoms with Crippen LogP contribution in [0.25, 0.3) is 0 Å². The van der Waals surface area contributed by atoms with E-state index in [1.165, 1.54) is 17.8 Å². The fourth-order valence-electron chi connectivity index (χ4n) is 3.52. The molecule has 1 saturated heterocycles. The molecule has 4 rings (SSSR count). The fraction of sp³-hybridized carbons (Fsp3) is 0.389. The zero-order valence-electron chi connectivity index (χ0n) is 13.5. The highest BCUT2D eigenvalue weighted by molar-refractivity contribution is 7.12. The quantitative estimate of drug-likeness (QED) is 0.875. The number of carbonyl (C=O) groups is 1. The number of piperidine rings is 1. The van der Waals surface area contributed by atoms with Gasteiger partial charge in [0.1, 0.15) is 11.5 Å². The molecule has 1 aliphatic carbocycles. The molecule has 2 heterocycles. The first kappa shape index (κ1) is 15.5. The van der Waals surface area contributed by atoms with E-state index in [1.54, 1.807) is 19.2 Å². The Morgan fingerprint density at radius 2 is 2.08 bits per heavy atom. The van der Waals surface area contributed by atoms with Crippen molar-refractivity contribution >= 4 is 17.2 Å². The van der Waals surface area contributed by atoms with Gasteiger partial charge in [0.05, 0.1) is 7.11 Å². The lowest BCUT2D eigenvalue weighted by molar-refractivity contribution is 0.0928. The topological polar surface area (TPSA) is 59.6 Å². The van der Waals surface area contributed by atoms with Gasteiger partial charge in [0.25, 0.3) is 5.91 Å². The largest absolute Gasteiger partial charge is 0.496 e. The van der Waals surface area contributed by atoms with Gasteiger partial charge < -0.3 is 20.1 Å². The molecular weight excluding hydrogens is 324 g/mol. The first-order chi connectivity index (χ1) is 11.7. The number of carbonyl (C=O) groups excluding carboxylic acids is 1.